The van der Waals surface area contributed by atoms with Gasteiger partial charge in [-0.1, -0.05) is 97.1 Å². The van der Waals surface area contributed by atoms with E-state index in [-0.39, 0.29) is 6.04 Å². The minimum atomic E-state index is -0.745. The van der Waals surface area contributed by atoms with Gasteiger partial charge >= 0.3 is 0 Å². The highest BCUT2D eigenvalue weighted by Crippen LogP contribution is 2.44. The number of hydrogen-bond donors (Lipinski definition) is 1. The quantitative estimate of drug-likeness (QED) is 0.239. The monoisotopic (exact) mass is 495 g/mol. The van der Waals surface area contributed by atoms with Gasteiger partial charge in [0.2, 0.25) is 0 Å². The molecule has 0 fully saturated rings. The molecule has 5 heteroatoms. The van der Waals surface area contributed by atoms with Crippen molar-refractivity contribution in [1.29, 1.82) is 0 Å². The molecule has 186 valence electrons. The lowest BCUT2D eigenvalue weighted by molar-refractivity contribution is 0.477. The average molecular weight is 496 g/mol. The van der Waals surface area contributed by atoms with Crippen molar-refractivity contribution in [3.05, 3.63) is 144 Å². The van der Waals surface area contributed by atoms with Crippen LogP contribution in [-0.2, 0) is 5.54 Å². The van der Waals surface area contributed by atoms with Crippen LogP contribution in [-0.4, -0.2) is 25.8 Å². The SMILES string of the molecule is CC(C)Nc1nccc2c1c(-c1ccccn1)nn2C(c1ccccc1)(c1ccccc1)c1ccccc1. The zero-order valence-corrected chi connectivity index (χ0v) is 21.5. The Hall–Kier alpha value is -4.77. The van der Waals surface area contributed by atoms with Crippen LogP contribution in [0.4, 0.5) is 5.82 Å². The molecule has 0 bridgehead atoms. The molecule has 6 rings (SSSR count). The summed E-state index contributed by atoms with van der Waals surface area (Å²) in [5.74, 6) is 0.799. The van der Waals surface area contributed by atoms with Gasteiger partial charge in [0.1, 0.15) is 17.1 Å². The second kappa shape index (κ2) is 9.94. The van der Waals surface area contributed by atoms with Gasteiger partial charge in [0.15, 0.2) is 0 Å². The lowest BCUT2D eigenvalue weighted by Crippen LogP contribution is -2.38. The zero-order chi connectivity index (χ0) is 26.0. The Morgan fingerprint density at radius 1 is 0.632 bits per heavy atom. The van der Waals surface area contributed by atoms with E-state index in [1.54, 1.807) is 0 Å². The zero-order valence-electron chi connectivity index (χ0n) is 21.5. The Morgan fingerprint density at radius 2 is 1.18 bits per heavy atom. The van der Waals surface area contributed by atoms with Crippen LogP contribution in [0.5, 0.6) is 0 Å². The molecule has 0 saturated carbocycles. The van der Waals surface area contributed by atoms with Crippen molar-refractivity contribution in [2.75, 3.05) is 5.32 Å². The maximum atomic E-state index is 5.40. The molecule has 3 aromatic heterocycles. The number of pyridine rings is 2. The van der Waals surface area contributed by atoms with Crippen molar-refractivity contribution in [3.8, 4) is 11.4 Å². The molecule has 0 spiro atoms. The third-order valence-electron chi connectivity index (χ3n) is 6.82. The maximum absolute atomic E-state index is 5.40. The van der Waals surface area contributed by atoms with Crippen LogP contribution in [0.25, 0.3) is 22.3 Å². The van der Waals surface area contributed by atoms with Gasteiger partial charge in [-0.25, -0.2) is 9.67 Å². The fourth-order valence-corrected chi connectivity index (χ4v) is 5.29. The van der Waals surface area contributed by atoms with Crippen LogP contribution in [0.2, 0.25) is 0 Å². The third-order valence-corrected chi connectivity index (χ3v) is 6.82. The van der Waals surface area contributed by atoms with E-state index in [0.29, 0.717) is 0 Å². The molecule has 5 nitrogen and oxygen atoms in total. The highest BCUT2D eigenvalue weighted by molar-refractivity contribution is 6.00. The Labute approximate surface area is 222 Å². The molecular weight excluding hydrogens is 466 g/mol. The van der Waals surface area contributed by atoms with E-state index in [1.807, 2.05) is 30.6 Å². The van der Waals surface area contributed by atoms with E-state index in [1.165, 1.54) is 0 Å². The summed E-state index contributed by atoms with van der Waals surface area (Å²) in [5, 5.41) is 9.90. The molecule has 0 aliphatic rings. The highest BCUT2D eigenvalue weighted by Gasteiger charge is 2.41. The molecule has 1 N–H and O–H groups in total. The number of nitrogens with one attached hydrogen (secondary N) is 1. The van der Waals surface area contributed by atoms with Crippen molar-refractivity contribution >= 4 is 16.7 Å². The Bertz CT molecular complexity index is 1550. The Balaban J connectivity index is 1.80. The van der Waals surface area contributed by atoms with E-state index in [2.05, 4.69) is 121 Å². The van der Waals surface area contributed by atoms with Gasteiger partial charge in [-0.3, -0.25) is 4.98 Å². The molecule has 0 amide bonds. The van der Waals surface area contributed by atoms with Crippen molar-refractivity contribution in [2.45, 2.75) is 25.4 Å². The van der Waals surface area contributed by atoms with Gasteiger partial charge < -0.3 is 5.32 Å². The lowest BCUT2D eigenvalue weighted by Gasteiger charge is -2.37. The topological polar surface area (TPSA) is 55.6 Å². The molecule has 0 atom stereocenters. The minimum absolute atomic E-state index is 0.204. The molecule has 3 heterocycles. The molecule has 0 radical (unpaired) electrons. The van der Waals surface area contributed by atoms with E-state index >= 15 is 0 Å². The van der Waals surface area contributed by atoms with Gasteiger partial charge in [0.25, 0.3) is 0 Å². The van der Waals surface area contributed by atoms with Gasteiger partial charge in [-0.2, -0.15) is 5.10 Å². The Morgan fingerprint density at radius 3 is 1.68 bits per heavy atom. The van der Waals surface area contributed by atoms with E-state index < -0.39 is 5.54 Å². The summed E-state index contributed by atoms with van der Waals surface area (Å²) in [7, 11) is 0. The number of aromatic nitrogens is 4. The average Bonchev–Trinajstić information content (AvgIpc) is 3.36. The molecule has 0 aliphatic carbocycles. The molecule has 0 unspecified atom stereocenters. The van der Waals surface area contributed by atoms with E-state index in [9.17, 15) is 0 Å². The Kier molecular flexibility index (Phi) is 6.18. The van der Waals surface area contributed by atoms with Gasteiger partial charge in [-0.15, -0.1) is 0 Å². The van der Waals surface area contributed by atoms with Crippen LogP contribution in [0, 0.1) is 0 Å². The summed E-state index contributed by atoms with van der Waals surface area (Å²) in [6.07, 6.45) is 3.67. The summed E-state index contributed by atoms with van der Waals surface area (Å²) < 4.78 is 2.17. The third kappa shape index (κ3) is 3.93. The van der Waals surface area contributed by atoms with Crippen LogP contribution >= 0.6 is 0 Å². The number of hydrogen-bond acceptors (Lipinski definition) is 4. The number of rotatable bonds is 7. The number of benzene rings is 3. The summed E-state index contributed by atoms with van der Waals surface area (Å²) in [4.78, 5) is 9.46. The van der Waals surface area contributed by atoms with Gasteiger partial charge in [0.05, 0.1) is 16.6 Å². The lowest BCUT2D eigenvalue weighted by atomic mass is 9.77. The summed E-state index contributed by atoms with van der Waals surface area (Å²) in [5.41, 5.74) is 5.17. The summed E-state index contributed by atoms with van der Waals surface area (Å²) >= 11 is 0. The molecule has 0 saturated heterocycles. The van der Waals surface area contributed by atoms with Crippen LogP contribution in [0.3, 0.4) is 0 Å². The van der Waals surface area contributed by atoms with Gasteiger partial charge in [0, 0.05) is 18.4 Å². The second-order valence-corrected chi connectivity index (χ2v) is 9.64. The van der Waals surface area contributed by atoms with E-state index in [0.717, 1.165) is 44.8 Å². The summed E-state index contributed by atoms with van der Waals surface area (Å²) in [6, 6.07) is 40.0. The van der Waals surface area contributed by atoms with Gasteiger partial charge in [-0.05, 0) is 48.7 Å². The smallest absolute Gasteiger partial charge is 0.138 e. The van der Waals surface area contributed by atoms with Crippen molar-refractivity contribution in [3.63, 3.8) is 0 Å². The second-order valence-electron chi connectivity index (χ2n) is 9.64. The van der Waals surface area contributed by atoms with Crippen molar-refractivity contribution in [1.82, 2.24) is 19.7 Å². The van der Waals surface area contributed by atoms with Crippen molar-refractivity contribution < 1.29 is 0 Å². The molecule has 0 aliphatic heterocycles. The van der Waals surface area contributed by atoms with Crippen LogP contribution in [0.15, 0.2) is 128 Å². The standard InChI is InChI=1S/C33H29N5/c1-24(2)36-32-30-29(21-23-35-32)38(37-31(30)28-20-12-13-22-34-28)33(25-14-6-3-7-15-25,26-16-8-4-9-17-26)27-18-10-5-11-19-27/h3-24H,1-2H3,(H,35,36). The number of fused-ring (bicyclic) bond motifs is 1. The highest BCUT2D eigenvalue weighted by atomic mass is 15.3. The fourth-order valence-electron chi connectivity index (χ4n) is 5.29. The predicted molar refractivity (Wildman–Crippen MR) is 154 cm³/mol. The maximum Gasteiger partial charge on any atom is 0.138 e. The first kappa shape index (κ1) is 23.6. The normalized spacial score (nSPS) is 11.7. The van der Waals surface area contributed by atoms with E-state index in [4.69, 9.17) is 15.1 Å². The number of anilines is 1. The number of nitrogens with zero attached hydrogens (tertiary/aromatic N) is 4. The first-order valence-electron chi connectivity index (χ1n) is 12.9. The minimum Gasteiger partial charge on any atom is -0.367 e. The summed E-state index contributed by atoms with van der Waals surface area (Å²) in [6.45, 7) is 4.24. The molecule has 38 heavy (non-hydrogen) atoms. The van der Waals surface area contributed by atoms with Crippen molar-refractivity contribution in [2.24, 2.45) is 0 Å². The molecular formula is C33H29N5. The fraction of sp³-hybridized carbons (Fsp3) is 0.121. The van der Waals surface area contributed by atoms with Crippen LogP contribution in [0.1, 0.15) is 30.5 Å². The van der Waals surface area contributed by atoms with Crippen LogP contribution < -0.4 is 5.32 Å². The predicted octanol–water partition coefficient (Wildman–Crippen LogP) is 7.15. The largest absolute Gasteiger partial charge is 0.367 e. The molecule has 3 aromatic carbocycles. The molecule has 6 aromatic rings. The first-order valence-corrected chi connectivity index (χ1v) is 12.9. The first-order chi connectivity index (χ1) is 18.7.